The van der Waals surface area contributed by atoms with Gasteiger partial charge in [-0.05, 0) is 59.0 Å². The van der Waals surface area contributed by atoms with Gasteiger partial charge in [-0.15, -0.1) is 0 Å². The van der Waals surface area contributed by atoms with Crippen molar-refractivity contribution >= 4 is 55.0 Å². The van der Waals surface area contributed by atoms with E-state index in [-0.39, 0.29) is 16.4 Å². The van der Waals surface area contributed by atoms with Gasteiger partial charge in [-0.2, -0.15) is 5.10 Å². The van der Waals surface area contributed by atoms with Crippen LogP contribution in [0.5, 0.6) is 0 Å². The number of aromatic amines is 1. The summed E-state index contributed by atoms with van der Waals surface area (Å²) in [5.74, 6) is -0.475. The zero-order valence-corrected chi connectivity index (χ0v) is 18.1. The zero-order chi connectivity index (χ0) is 21.0. The summed E-state index contributed by atoms with van der Waals surface area (Å²) in [5.41, 5.74) is 7.94. The van der Waals surface area contributed by atoms with Gasteiger partial charge >= 0.3 is 0 Å². The van der Waals surface area contributed by atoms with Crippen LogP contribution in [-0.4, -0.2) is 21.4 Å². The summed E-state index contributed by atoms with van der Waals surface area (Å²) < 4.78 is 22.0. The third-order valence-corrected chi connectivity index (χ3v) is 6.37. The molecule has 0 amide bonds. The molecule has 1 fully saturated rings. The lowest BCUT2D eigenvalue weighted by atomic mass is 9.97. The van der Waals surface area contributed by atoms with Crippen molar-refractivity contribution in [2.45, 2.75) is 25.5 Å². The molecule has 0 spiro atoms. The number of H-pyrrole nitrogens is 1. The van der Waals surface area contributed by atoms with Gasteiger partial charge in [0.15, 0.2) is 0 Å². The number of aromatic nitrogens is 3. The van der Waals surface area contributed by atoms with Crippen LogP contribution in [0.2, 0.25) is 5.02 Å². The van der Waals surface area contributed by atoms with Crippen molar-refractivity contribution in [3.63, 3.8) is 0 Å². The van der Waals surface area contributed by atoms with Crippen molar-refractivity contribution in [1.82, 2.24) is 14.8 Å². The second-order valence-corrected chi connectivity index (χ2v) is 8.60. The first-order valence-corrected chi connectivity index (χ1v) is 10.7. The topological polar surface area (TPSA) is 85.9 Å². The minimum atomic E-state index is -0.481. The second-order valence-electron chi connectivity index (χ2n) is 7.34. The number of nitrogens with two attached hydrogens (primary N) is 1. The molecule has 0 aliphatic carbocycles. The highest BCUT2D eigenvalue weighted by Crippen LogP contribution is 2.39. The van der Waals surface area contributed by atoms with Crippen LogP contribution in [0.25, 0.3) is 32.9 Å². The number of anilines is 1. The molecule has 0 saturated carbocycles. The fourth-order valence-electron chi connectivity index (χ4n) is 3.98. The Balaban J connectivity index is 1.81. The summed E-state index contributed by atoms with van der Waals surface area (Å²) in [5, 5.41) is 6.50. The van der Waals surface area contributed by atoms with E-state index in [1.807, 2.05) is 6.20 Å². The van der Waals surface area contributed by atoms with E-state index >= 15 is 0 Å². The maximum atomic E-state index is 14.1. The van der Waals surface area contributed by atoms with Gasteiger partial charge in [0, 0.05) is 29.1 Å². The first kappa shape index (κ1) is 19.5. The van der Waals surface area contributed by atoms with Gasteiger partial charge in [0.2, 0.25) is 0 Å². The summed E-state index contributed by atoms with van der Waals surface area (Å²) in [6.07, 6.45) is 4.67. The molecule has 6 nitrogen and oxygen atoms in total. The predicted molar refractivity (Wildman–Crippen MR) is 119 cm³/mol. The SMILES string of the molecule is Nc1c(-c2ccc(Cl)c3nn(C4CCCCO4)cc23)c2cc(Br)c(F)cc2[nH]c1=O. The van der Waals surface area contributed by atoms with Crippen LogP contribution in [0.3, 0.4) is 0 Å². The van der Waals surface area contributed by atoms with E-state index in [9.17, 15) is 9.18 Å². The summed E-state index contributed by atoms with van der Waals surface area (Å²) >= 11 is 9.65. The first-order chi connectivity index (χ1) is 14.4. The third kappa shape index (κ3) is 3.10. The molecule has 1 aliphatic heterocycles. The molecule has 3 heterocycles. The van der Waals surface area contributed by atoms with Crippen LogP contribution in [0, 0.1) is 5.82 Å². The van der Waals surface area contributed by atoms with Crippen LogP contribution in [0.1, 0.15) is 25.5 Å². The van der Waals surface area contributed by atoms with E-state index in [2.05, 4.69) is 26.0 Å². The minimum Gasteiger partial charge on any atom is -0.394 e. The Hall–Kier alpha value is -2.42. The van der Waals surface area contributed by atoms with Crippen molar-refractivity contribution in [3.8, 4) is 11.1 Å². The highest BCUT2D eigenvalue weighted by atomic mass is 79.9. The van der Waals surface area contributed by atoms with E-state index < -0.39 is 11.4 Å². The summed E-state index contributed by atoms with van der Waals surface area (Å²) in [6.45, 7) is 0.687. The average Bonchev–Trinajstić information content (AvgIpc) is 3.19. The molecule has 9 heteroatoms. The fraction of sp³-hybridized carbons (Fsp3) is 0.238. The molecule has 1 atom stereocenters. The molecule has 1 saturated heterocycles. The van der Waals surface area contributed by atoms with Gasteiger partial charge in [0.1, 0.15) is 23.2 Å². The quantitative estimate of drug-likeness (QED) is 0.394. The number of hydrogen-bond acceptors (Lipinski definition) is 4. The van der Waals surface area contributed by atoms with Crippen LogP contribution in [-0.2, 0) is 4.74 Å². The molecule has 154 valence electrons. The number of nitrogens with zero attached hydrogens (tertiary/aromatic N) is 2. The van der Waals surface area contributed by atoms with Crippen LogP contribution in [0.4, 0.5) is 10.1 Å². The molecular weight excluding hydrogens is 475 g/mol. The number of halogens is 3. The van der Waals surface area contributed by atoms with Gasteiger partial charge in [-0.1, -0.05) is 17.7 Å². The third-order valence-electron chi connectivity index (χ3n) is 5.46. The Morgan fingerprint density at radius 1 is 1.30 bits per heavy atom. The molecule has 1 unspecified atom stereocenters. The van der Waals surface area contributed by atoms with Crippen molar-refractivity contribution in [3.05, 3.63) is 56.1 Å². The summed E-state index contributed by atoms with van der Waals surface area (Å²) in [6, 6.07) is 6.42. The molecule has 4 aromatic rings. The molecule has 2 aromatic heterocycles. The number of fused-ring (bicyclic) bond motifs is 2. The Kier molecular flexibility index (Phi) is 4.80. The molecule has 3 N–H and O–H groups in total. The highest BCUT2D eigenvalue weighted by molar-refractivity contribution is 9.10. The van der Waals surface area contributed by atoms with E-state index in [0.717, 1.165) is 24.6 Å². The smallest absolute Gasteiger partial charge is 0.272 e. The standard InChI is InChI=1S/C21H17BrClFN4O2/c22-13-7-11-16(8-15(13)24)26-21(29)19(25)18(11)10-4-5-14(23)20-12(10)9-28(27-20)17-3-1-2-6-30-17/h4-5,7-9,17H,1-3,6,25H2,(H,26,29). The number of rotatable bonds is 2. The van der Waals surface area contributed by atoms with Crippen molar-refractivity contribution in [1.29, 1.82) is 0 Å². The normalized spacial score (nSPS) is 17.1. The maximum Gasteiger partial charge on any atom is 0.272 e. The Bertz CT molecular complexity index is 1360. The monoisotopic (exact) mass is 490 g/mol. The molecule has 30 heavy (non-hydrogen) atoms. The summed E-state index contributed by atoms with van der Waals surface area (Å²) in [4.78, 5) is 15.1. The maximum absolute atomic E-state index is 14.1. The van der Waals surface area contributed by atoms with Gasteiger partial charge < -0.3 is 15.5 Å². The minimum absolute atomic E-state index is 0.0475. The number of nitrogens with one attached hydrogen (secondary N) is 1. The zero-order valence-electron chi connectivity index (χ0n) is 15.7. The van der Waals surface area contributed by atoms with Crippen LogP contribution < -0.4 is 11.3 Å². The number of nitrogen functional groups attached to an aromatic ring is 1. The number of hydrogen-bond donors (Lipinski definition) is 2. The van der Waals surface area contributed by atoms with E-state index in [1.54, 1.807) is 22.9 Å². The Morgan fingerprint density at radius 2 is 2.13 bits per heavy atom. The number of ether oxygens (including phenoxy) is 1. The van der Waals surface area contributed by atoms with Gasteiger partial charge in [-0.25, -0.2) is 9.07 Å². The van der Waals surface area contributed by atoms with E-state index in [0.29, 0.717) is 39.2 Å². The van der Waals surface area contributed by atoms with Crippen LogP contribution in [0.15, 0.2) is 39.7 Å². The van der Waals surface area contributed by atoms with Crippen LogP contribution >= 0.6 is 27.5 Å². The lowest BCUT2D eigenvalue weighted by molar-refractivity contribution is -0.0390. The predicted octanol–water partition coefficient (Wildman–Crippen LogP) is 5.38. The van der Waals surface area contributed by atoms with E-state index in [1.165, 1.54) is 6.07 Å². The molecule has 0 radical (unpaired) electrons. The Labute approximate surface area is 183 Å². The van der Waals surface area contributed by atoms with Gasteiger partial charge in [0.05, 0.1) is 15.0 Å². The number of pyridine rings is 1. The number of benzene rings is 2. The van der Waals surface area contributed by atoms with Crippen molar-refractivity contribution in [2.75, 3.05) is 12.3 Å². The molecule has 2 aromatic carbocycles. The fourth-order valence-corrected chi connectivity index (χ4v) is 4.53. The molecule has 5 rings (SSSR count). The van der Waals surface area contributed by atoms with E-state index in [4.69, 9.17) is 22.1 Å². The lowest BCUT2D eigenvalue weighted by Gasteiger charge is -2.22. The molecular formula is C21H17BrClFN4O2. The molecule has 1 aliphatic rings. The highest BCUT2D eigenvalue weighted by Gasteiger charge is 2.22. The largest absolute Gasteiger partial charge is 0.394 e. The lowest BCUT2D eigenvalue weighted by Crippen LogP contribution is -2.18. The Morgan fingerprint density at radius 3 is 2.90 bits per heavy atom. The van der Waals surface area contributed by atoms with Crippen molar-refractivity contribution < 1.29 is 9.13 Å². The van der Waals surface area contributed by atoms with Gasteiger partial charge in [-0.3, -0.25) is 4.79 Å². The average molecular weight is 492 g/mol. The van der Waals surface area contributed by atoms with Crippen molar-refractivity contribution in [2.24, 2.45) is 0 Å². The summed E-state index contributed by atoms with van der Waals surface area (Å²) in [7, 11) is 0. The molecule has 0 bridgehead atoms. The van der Waals surface area contributed by atoms with Gasteiger partial charge in [0.25, 0.3) is 5.56 Å². The first-order valence-electron chi connectivity index (χ1n) is 9.54. The second kappa shape index (κ2) is 7.37.